The fourth-order valence-corrected chi connectivity index (χ4v) is 5.45. The molecule has 1 fully saturated rings. The molecule has 180 valence electrons. The number of nitrogens with zero attached hydrogens (tertiary/aromatic N) is 3. The first-order valence-corrected chi connectivity index (χ1v) is 12.9. The Balaban J connectivity index is 1.45. The number of hydrogen-bond acceptors (Lipinski definition) is 7. The maximum Gasteiger partial charge on any atom is 0.266 e. The summed E-state index contributed by atoms with van der Waals surface area (Å²) in [6, 6.07) is 16.7. The van der Waals surface area contributed by atoms with E-state index in [4.69, 9.17) is 20.4 Å². The van der Waals surface area contributed by atoms with E-state index in [1.54, 1.807) is 21.9 Å². The third-order valence-electron chi connectivity index (χ3n) is 5.92. The fraction of sp³-hybridized carbons (Fsp3) is 0.200. The van der Waals surface area contributed by atoms with Gasteiger partial charge in [0.15, 0.2) is 5.76 Å². The molecule has 35 heavy (non-hydrogen) atoms. The Bertz CT molecular complexity index is 1460. The summed E-state index contributed by atoms with van der Waals surface area (Å²) >= 11 is 5.94. The van der Waals surface area contributed by atoms with Crippen molar-refractivity contribution in [3.63, 3.8) is 0 Å². The Morgan fingerprint density at radius 2 is 1.69 bits per heavy atom. The van der Waals surface area contributed by atoms with Crippen LogP contribution in [0.25, 0.3) is 11.7 Å². The largest absolute Gasteiger partial charge is 0.459 e. The quantitative estimate of drug-likeness (QED) is 0.383. The van der Waals surface area contributed by atoms with Crippen molar-refractivity contribution in [2.75, 3.05) is 31.1 Å². The van der Waals surface area contributed by atoms with Crippen molar-refractivity contribution in [2.24, 2.45) is 0 Å². The van der Waals surface area contributed by atoms with E-state index < -0.39 is 9.84 Å². The molecule has 2 aromatic carbocycles. The van der Waals surface area contributed by atoms with Gasteiger partial charge in [-0.15, -0.1) is 0 Å². The summed E-state index contributed by atoms with van der Waals surface area (Å²) < 4.78 is 38.3. The van der Waals surface area contributed by atoms with Crippen molar-refractivity contribution in [2.45, 2.75) is 16.8 Å². The molecule has 0 N–H and O–H groups in total. The lowest BCUT2D eigenvalue weighted by molar-refractivity contribution is 0.0744. The molecule has 0 saturated carbocycles. The zero-order chi connectivity index (χ0) is 24.6. The maximum absolute atomic E-state index is 13.5. The van der Waals surface area contributed by atoms with Crippen molar-refractivity contribution >= 4 is 33.2 Å². The smallest absolute Gasteiger partial charge is 0.266 e. The van der Waals surface area contributed by atoms with Crippen LogP contribution < -0.4 is 4.90 Å². The maximum atomic E-state index is 13.5. The first-order chi connectivity index (χ1) is 16.8. The second-order valence-corrected chi connectivity index (χ2v) is 10.5. The minimum atomic E-state index is -4.01. The summed E-state index contributed by atoms with van der Waals surface area (Å²) in [7, 11) is -4.01. The number of hydrogen-bond donors (Lipinski definition) is 0. The molecule has 1 amide bonds. The van der Waals surface area contributed by atoms with Crippen LogP contribution in [0.3, 0.4) is 0 Å². The van der Waals surface area contributed by atoms with Crippen LogP contribution >= 0.6 is 11.6 Å². The van der Waals surface area contributed by atoms with Gasteiger partial charge < -0.3 is 18.6 Å². The van der Waals surface area contributed by atoms with Crippen molar-refractivity contribution in [1.29, 1.82) is 0 Å². The van der Waals surface area contributed by atoms with Gasteiger partial charge in [-0.05, 0) is 55.0 Å². The van der Waals surface area contributed by atoms with Gasteiger partial charge in [0.2, 0.25) is 20.7 Å². The topological polar surface area (TPSA) is 96.9 Å². The minimum Gasteiger partial charge on any atom is -0.459 e. The number of halogens is 1. The van der Waals surface area contributed by atoms with Crippen LogP contribution in [0.5, 0.6) is 0 Å². The van der Waals surface area contributed by atoms with Gasteiger partial charge in [0, 0.05) is 36.8 Å². The highest BCUT2D eigenvalue weighted by molar-refractivity contribution is 7.91. The molecule has 8 nitrogen and oxygen atoms in total. The van der Waals surface area contributed by atoms with Gasteiger partial charge in [0.25, 0.3) is 11.8 Å². The summed E-state index contributed by atoms with van der Waals surface area (Å²) in [5.41, 5.74) is 1.57. The number of benzene rings is 2. The number of furan rings is 1. The van der Waals surface area contributed by atoms with Crippen molar-refractivity contribution in [1.82, 2.24) is 9.88 Å². The van der Waals surface area contributed by atoms with Crippen LogP contribution in [0.2, 0.25) is 5.02 Å². The predicted molar refractivity (Wildman–Crippen MR) is 130 cm³/mol. The number of piperazine rings is 1. The predicted octanol–water partition coefficient (Wildman–Crippen LogP) is 4.69. The zero-order valence-corrected chi connectivity index (χ0v) is 20.4. The molecule has 1 aliphatic rings. The second kappa shape index (κ2) is 9.24. The number of carbonyl (C=O) groups excluding carboxylic acids is 1. The van der Waals surface area contributed by atoms with Crippen LogP contribution in [0, 0.1) is 6.92 Å². The SMILES string of the molecule is Cc1ccccc1C(=O)N1CCN(c2oc(-c3ccco3)nc2S(=O)(=O)c2ccc(Cl)cc2)CC1. The van der Waals surface area contributed by atoms with Gasteiger partial charge in [0.1, 0.15) is 0 Å². The molecule has 0 atom stereocenters. The van der Waals surface area contributed by atoms with Crippen LogP contribution in [0.15, 0.2) is 85.7 Å². The van der Waals surface area contributed by atoms with E-state index in [0.717, 1.165) is 5.56 Å². The number of rotatable bonds is 5. The zero-order valence-electron chi connectivity index (χ0n) is 18.8. The van der Waals surface area contributed by atoms with E-state index in [2.05, 4.69) is 4.98 Å². The summed E-state index contributed by atoms with van der Waals surface area (Å²) in [4.78, 5) is 20.9. The number of amides is 1. The average Bonchev–Trinajstić information content (AvgIpc) is 3.55. The third-order valence-corrected chi connectivity index (χ3v) is 7.84. The lowest BCUT2D eigenvalue weighted by atomic mass is 10.1. The van der Waals surface area contributed by atoms with Crippen molar-refractivity contribution in [3.05, 3.63) is 83.1 Å². The van der Waals surface area contributed by atoms with Gasteiger partial charge in [0.05, 0.1) is 11.2 Å². The van der Waals surface area contributed by atoms with Crippen molar-refractivity contribution in [3.8, 4) is 11.7 Å². The number of aromatic nitrogens is 1. The van der Waals surface area contributed by atoms with Gasteiger partial charge in [-0.25, -0.2) is 8.42 Å². The average molecular weight is 512 g/mol. The molecule has 0 bridgehead atoms. The second-order valence-electron chi connectivity index (χ2n) is 8.16. The van der Waals surface area contributed by atoms with Crippen LogP contribution in [0.1, 0.15) is 15.9 Å². The molecular formula is C25H22ClN3O5S. The Hall–Kier alpha value is -3.56. The molecule has 0 radical (unpaired) electrons. The van der Waals surface area contributed by atoms with Gasteiger partial charge in [-0.2, -0.15) is 4.98 Å². The van der Waals surface area contributed by atoms with Crippen LogP contribution in [0.4, 0.5) is 5.88 Å². The summed E-state index contributed by atoms with van der Waals surface area (Å²) in [6.07, 6.45) is 1.46. The Morgan fingerprint density at radius 3 is 2.34 bits per heavy atom. The van der Waals surface area contributed by atoms with Crippen LogP contribution in [-0.2, 0) is 9.84 Å². The third kappa shape index (κ3) is 4.44. The van der Waals surface area contributed by atoms with E-state index in [0.29, 0.717) is 42.5 Å². The highest BCUT2D eigenvalue weighted by Gasteiger charge is 2.34. The standard InChI is InChI=1S/C25H22ClN3O5S/c1-17-5-2-3-6-20(17)24(30)28-12-14-29(15-13-28)25-23(27-22(34-25)21-7-4-16-33-21)35(31,32)19-10-8-18(26)9-11-19/h2-11,16H,12-15H2,1H3. The van der Waals surface area contributed by atoms with E-state index in [-0.39, 0.29) is 27.6 Å². The van der Waals surface area contributed by atoms with E-state index in [1.807, 2.05) is 31.2 Å². The number of oxazole rings is 1. The molecule has 4 aromatic rings. The van der Waals surface area contributed by atoms with E-state index >= 15 is 0 Å². The molecular weight excluding hydrogens is 490 g/mol. The van der Waals surface area contributed by atoms with Gasteiger partial charge in [-0.1, -0.05) is 29.8 Å². The Kier molecular flexibility index (Phi) is 6.12. The number of sulfone groups is 1. The normalized spacial score (nSPS) is 14.3. The summed E-state index contributed by atoms with van der Waals surface area (Å²) in [6.45, 7) is 3.48. The number of aryl methyl sites for hydroxylation is 1. The monoisotopic (exact) mass is 511 g/mol. The lowest BCUT2D eigenvalue weighted by Crippen LogP contribution is -2.49. The molecule has 1 aliphatic heterocycles. The Labute approximate surface area is 207 Å². The van der Waals surface area contributed by atoms with Gasteiger partial charge in [-0.3, -0.25) is 4.79 Å². The molecule has 0 unspecified atom stereocenters. The fourth-order valence-electron chi connectivity index (χ4n) is 4.00. The van der Waals surface area contributed by atoms with E-state index in [1.165, 1.54) is 30.5 Å². The number of anilines is 1. The molecule has 5 rings (SSSR count). The molecule has 10 heteroatoms. The van der Waals surface area contributed by atoms with Crippen molar-refractivity contribution < 1.29 is 22.0 Å². The number of carbonyl (C=O) groups is 1. The minimum absolute atomic E-state index is 0.0504. The molecule has 2 aromatic heterocycles. The van der Waals surface area contributed by atoms with E-state index in [9.17, 15) is 13.2 Å². The van der Waals surface area contributed by atoms with Gasteiger partial charge >= 0.3 is 0 Å². The Morgan fingerprint density at radius 1 is 0.971 bits per heavy atom. The first-order valence-electron chi connectivity index (χ1n) is 11.0. The molecule has 1 saturated heterocycles. The summed E-state index contributed by atoms with van der Waals surface area (Å²) in [5.74, 6) is 0.452. The summed E-state index contributed by atoms with van der Waals surface area (Å²) in [5, 5.41) is 0.222. The molecule has 0 aliphatic carbocycles. The highest BCUT2D eigenvalue weighted by atomic mass is 35.5. The molecule has 3 heterocycles. The lowest BCUT2D eigenvalue weighted by Gasteiger charge is -2.35. The van der Waals surface area contributed by atoms with Crippen LogP contribution in [-0.4, -0.2) is 50.4 Å². The molecule has 0 spiro atoms. The highest BCUT2D eigenvalue weighted by Crippen LogP contribution is 2.35. The first kappa shape index (κ1) is 23.2.